The van der Waals surface area contributed by atoms with Gasteiger partial charge in [0.1, 0.15) is 5.82 Å². The molecule has 152 valence electrons. The standard InChI is InChI=1S/C21H26FO5P/c1-13-5-4-6-19(16-9-14(2)21(22)15(3)10-16)18(13)7-8-28(26,27)12-17(23)11-20(24)25/h4-6,9-10,17,23H,7-8,11-12H2,1-3H3,(H,24,25)(H,26,27)/t17-/m0/s1. The fraction of sp³-hybridized carbons (Fsp3) is 0.381. The van der Waals surface area contributed by atoms with E-state index in [9.17, 15) is 23.7 Å². The summed E-state index contributed by atoms with van der Waals surface area (Å²) in [6, 6.07) is 9.21. The quantitative estimate of drug-likeness (QED) is 0.573. The van der Waals surface area contributed by atoms with Crippen molar-refractivity contribution in [3.05, 3.63) is 58.4 Å². The predicted octanol–water partition coefficient (Wildman–Crippen LogP) is 4.07. The molecule has 2 rings (SSSR count). The zero-order valence-corrected chi connectivity index (χ0v) is 17.2. The molecule has 2 aromatic carbocycles. The lowest BCUT2D eigenvalue weighted by Gasteiger charge is -2.18. The fourth-order valence-corrected chi connectivity index (χ4v) is 4.92. The van der Waals surface area contributed by atoms with Gasteiger partial charge in [0.05, 0.1) is 18.7 Å². The van der Waals surface area contributed by atoms with E-state index in [-0.39, 0.29) is 12.0 Å². The summed E-state index contributed by atoms with van der Waals surface area (Å²) < 4.78 is 26.4. The number of carbonyl (C=O) groups is 1. The summed E-state index contributed by atoms with van der Waals surface area (Å²) in [5.74, 6) is -1.46. The average Bonchev–Trinajstić information content (AvgIpc) is 2.56. The molecule has 2 aromatic rings. The highest BCUT2D eigenvalue weighted by Crippen LogP contribution is 2.43. The van der Waals surface area contributed by atoms with Gasteiger partial charge in [-0.3, -0.25) is 9.36 Å². The van der Waals surface area contributed by atoms with Crippen molar-refractivity contribution in [2.24, 2.45) is 0 Å². The van der Waals surface area contributed by atoms with Crippen LogP contribution in [0.2, 0.25) is 0 Å². The first-order valence-electron chi connectivity index (χ1n) is 9.06. The molecule has 0 spiro atoms. The molecule has 0 bridgehead atoms. The number of aryl methyl sites for hydroxylation is 3. The fourth-order valence-electron chi connectivity index (χ4n) is 3.38. The average molecular weight is 408 g/mol. The van der Waals surface area contributed by atoms with Crippen LogP contribution in [0.25, 0.3) is 11.1 Å². The minimum atomic E-state index is -3.70. The van der Waals surface area contributed by atoms with Crippen molar-refractivity contribution >= 4 is 13.3 Å². The van der Waals surface area contributed by atoms with Gasteiger partial charge in [-0.05, 0) is 72.7 Å². The van der Waals surface area contributed by atoms with Crippen LogP contribution < -0.4 is 0 Å². The highest BCUT2D eigenvalue weighted by molar-refractivity contribution is 7.58. The highest BCUT2D eigenvalue weighted by atomic mass is 31.2. The molecular formula is C21H26FO5P. The maximum absolute atomic E-state index is 14.0. The Balaban J connectivity index is 2.28. The second-order valence-corrected chi connectivity index (χ2v) is 9.78. The Morgan fingerprint density at radius 2 is 1.75 bits per heavy atom. The maximum atomic E-state index is 14.0. The van der Waals surface area contributed by atoms with E-state index in [4.69, 9.17) is 5.11 Å². The van der Waals surface area contributed by atoms with Crippen LogP contribution in [0.1, 0.15) is 28.7 Å². The Kier molecular flexibility index (Phi) is 7.16. The first kappa shape index (κ1) is 22.3. The van der Waals surface area contributed by atoms with Crippen molar-refractivity contribution in [3.63, 3.8) is 0 Å². The molecule has 0 fully saturated rings. The normalized spacial score (nSPS) is 14.5. The largest absolute Gasteiger partial charge is 0.481 e. The summed E-state index contributed by atoms with van der Waals surface area (Å²) in [5, 5.41) is 18.4. The van der Waals surface area contributed by atoms with Gasteiger partial charge < -0.3 is 15.1 Å². The van der Waals surface area contributed by atoms with E-state index in [0.717, 1.165) is 22.3 Å². The SMILES string of the molecule is Cc1cc(-c2cccc(C)c2CCP(=O)(O)C[C@@H](O)CC(=O)O)cc(C)c1F. The minimum Gasteiger partial charge on any atom is -0.481 e. The monoisotopic (exact) mass is 408 g/mol. The van der Waals surface area contributed by atoms with Crippen LogP contribution in [0.3, 0.4) is 0 Å². The van der Waals surface area contributed by atoms with Crippen LogP contribution in [0, 0.1) is 26.6 Å². The summed E-state index contributed by atoms with van der Waals surface area (Å²) in [4.78, 5) is 20.8. The molecule has 28 heavy (non-hydrogen) atoms. The molecule has 0 radical (unpaired) electrons. The smallest absolute Gasteiger partial charge is 0.305 e. The summed E-state index contributed by atoms with van der Waals surface area (Å²) >= 11 is 0. The van der Waals surface area contributed by atoms with Crippen LogP contribution in [0.15, 0.2) is 30.3 Å². The van der Waals surface area contributed by atoms with E-state index in [0.29, 0.717) is 17.5 Å². The Morgan fingerprint density at radius 3 is 2.32 bits per heavy atom. The number of carboxylic acids is 1. The third kappa shape index (κ3) is 5.74. The highest BCUT2D eigenvalue weighted by Gasteiger charge is 2.25. The molecule has 2 atom stereocenters. The Hall–Kier alpha value is -2.01. The zero-order valence-electron chi connectivity index (χ0n) is 16.3. The molecular weight excluding hydrogens is 382 g/mol. The van der Waals surface area contributed by atoms with Crippen molar-refractivity contribution in [1.29, 1.82) is 0 Å². The number of hydrogen-bond acceptors (Lipinski definition) is 3. The molecule has 5 nitrogen and oxygen atoms in total. The molecule has 0 aliphatic rings. The van der Waals surface area contributed by atoms with Gasteiger partial charge in [0.2, 0.25) is 7.37 Å². The summed E-state index contributed by atoms with van der Waals surface area (Å²) in [7, 11) is -3.70. The molecule has 0 saturated carbocycles. The number of carboxylic acid groups (broad SMARTS) is 1. The number of benzene rings is 2. The Bertz CT molecular complexity index is 902. The Labute approximate surface area is 164 Å². The second kappa shape index (κ2) is 8.99. The third-order valence-corrected chi connectivity index (χ3v) is 6.69. The Morgan fingerprint density at radius 1 is 1.14 bits per heavy atom. The van der Waals surface area contributed by atoms with Crippen LogP contribution >= 0.6 is 7.37 Å². The minimum absolute atomic E-state index is 0.0688. The molecule has 3 N–H and O–H groups in total. The van der Waals surface area contributed by atoms with Gasteiger partial charge >= 0.3 is 5.97 Å². The van der Waals surface area contributed by atoms with Crippen LogP contribution in [0.4, 0.5) is 4.39 Å². The van der Waals surface area contributed by atoms with Crippen molar-refractivity contribution in [2.45, 2.75) is 39.7 Å². The number of halogens is 1. The molecule has 0 aliphatic carbocycles. The van der Waals surface area contributed by atoms with E-state index in [2.05, 4.69) is 0 Å². The van der Waals surface area contributed by atoms with Crippen molar-refractivity contribution < 1.29 is 28.9 Å². The van der Waals surface area contributed by atoms with Gasteiger partial charge in [0, 0.05) is 6.16 Å². The van der Waals surface area contributed by atoms with E-state index < -0.39 is 32.0 Å². The zero-order chi connectivity index (χ0) is 21.1. The predicted molar refractivity (Wildman–Crippen MR) is 108 cm³/mol. The molecule has 0 aliphatic heterocycles. The van der Waals surface area contributed by atoms with Crippen molar-refractivity contribution in [2.75, 3.05) is 12.3 Å². The number of aliphatic hydroxyl groups is 1. The topological polar surface area (TPSA) is 94.8 Å². The van der Waals surface area contributed by atoms with Crippen LogP contribution in [-0.2, 0) is 15.8 Å². The molecule has 1 unspecified atom stereocenters. The summed E-state index contributed by atoms with van der Waals surface area (Å²) in [6.45, 7) is 5.31. The summed E-state index contributed by atoms with van der Waals surface area (Å²) in [6.07, 6.45) is -2.14. The van der Waals surface area contributed by atoms with E-state index in [1.807, 2.05) is 25.1 Å². The maximum Gasteiger partial charge on any atom is 0.305 e. The van der Waals surface area contributed by atoms with Crippen LogP contribution in [-0.4, -0.2) is 39.5 Å². The van der Waals surface area contributed by atoms with Gasteiger partial charge in [-0.25, -0.2) is 4.39 Å². The number of rotatable bonds is 8. The number of aliphatic hydroxyl groups excluding tert-OH is 1. The lowest BCUT2D eigenvalue weighted by molar-refractivity contribution is -0.138. The lowest BCUT2D eigenvalue weighted by Crippen LogP contribution is -2.18. The molecule has 0 amide bonds. The third-order valence-electron chi connectivity index (χ3n) is 4.78. The number of hydrogen-bond donors (Lipinski definition) is 3. The first-order chi connectivity index (χ1) is 13.0. The number of aliphatic carboxylic acids is 1. The van der Waals surface area contributed by atoms with Crippen LogP contribution in [0.5, 0.6) is 0 Å². The van der Waals surface area contributed by atoms with Gasteiger partial charge in [0.25, 0.3) is 0 Å². The second-order valence-electron chi connectivity index (χ2n) is 7.28. The molecule has 0 heterocycles. The van der Waals surface area contributed by atoms with Crippen molar-refractivity contribution in [3.8, 4) is 11.1 Å². The van der Waals surface area contributed by atoms with Gasteiger partial charge in [-0.1, -0.05) is 18.2 Å². The van der Waals surface area contributed by atoms with Gasteiger partial charge in [-0.2, -0.15) is 0 Å². The van der Waals surface area contributed by atoms with E-state index in [1.165, 1.54) is 0 Å². The summed E-state index contributed by atoms with van der Waals surface area (Å²) in [5.41, 5.74) is 4.61. The van der Waals surface area contributed by atoms with Crippen molar-refractivity contribution in [1.82, 2.24) is 0 Å². The van der Waals surface area contributed by atoms with Gasteiger partial charge in [-0.15, -0.1) is 0 Å². The molecule has 0 aromatic heterocycles. The lowest BCUT2D eigenvalue weighted by atomic mass is 9.92. The molecule has 0 saturated heterocycles. The van der Waals surface area contributed by atoms with E-state index in [1.54, 1.807) is 26.0 Å². The molecule has 7 heteroatoms. The van der Waals surface area contributed by atoms with E-state index >= 15 is 0 Å². The first-order valence-corrected chi connectivity index (χ1v) is 11.1. The van der Waals surface area contributed by atoms with Gasteiger partial charge in [0.15, 0.2) is 0 Å².